The molecule has 2 heteroatoms. The Morgan fingerprint density at radius 2 is 0.884 bits per heavy atom. The van der Waals surface area contributed by atoms with Crippen molar-refractivity contribution in [3.05, 3.63) is 251 Å². The first-order valence-electron chi connectivity index (χ1n) is 25.4. The van der Waals surface area contributed by atoms with E-state index in [1.807, 2.05) is 0 Å². The van der Waals surface area contributed by atoms with Crippen molar-refractivity contribution in [3.63, 3.8) is 0 Å². The van der Waals surface area contributed by atoms with Crippen LogP contribution in [0.4, 0.5) is 34.1 Å². The summed E-state index contributed by atoms with van der Waals surface area (Å²) in [5.41, 5.74) is 24.3. The smallest absolute Gasteiger partial charge is 0.0618 e. The number of fused-ring (bicyclic) bond motifs is 3. The monoisotopic (exact) mass is 892 g/mol. The molecule has 0 aliphatic heterocycles. The van der Waals surface area contributed by atoms with Crippen molar-refractivity contribution in [1.29, 1.82) is 0 Å². The lowest BCUT2D eigenvalue weighted by Crippen LogP contribution is -2.18. The van der Waals surface area contributed by atoms with Gasteiger partial charge in [-0.1, -0.05) is 197 Å². The molecule has 0 saturated heterocycles. The molecule has 69 heavy (non-hydrogen) atoms. The van der Waals surface area contributed by atoms with Crippen LogP contribution in [-0.2, 0) is 31.1 Å². The van der Waals surface area contributed by atoms with Gasteiger partial charge in [0.05, 0.1) is 5.69 Å². The second-order valence-electron chi connectivity index (χ2n) is 20.2. The van der Waals surface area contributed by atoms with Gasteiger partial charge in [0.1, 0.15) is 0 Å². The molecule has 0 aromatic heterocycles. The maximum atomic E-state index is 2.63. The van der Waals surface area contributed by atoms with Gasteiger partial charge < -0.3 is 9.80 Å². The molecule has 6 aliphatic rings. The predicted molar refractivity (Wildman–Crippen MR) is 291 cm³/mol. The van der Waals surface area contributed by atoms with Crippen molar-refractivity contribution >= 4 is 34.1 Å². The summed E-state index contributed by atoms with van der Waals surface area (Å²) >= 11 is 0. The van der Waals surface area contributed by atoms with E-state index in [0.29, 0.717) is 5.92 Å². The molecule has 0 spiro atoms. The van der Waals surface area contributed by atoms with E-state index in [1.165, 1.54) is 139 Å². The van der Waals surface area contributed by atoms with Crippen molar-refractivity contribution in [2.45, 2.75) is 83.0 Å². The summed E-state index contributed by atoms with van der Waals surface area (Å²) in [4.78, 5) is 5.15. The Bertz CT molecular complexity index is 3210. The van der Waals surface area contributed by atoms with Crippen molar-refractivity contribution in [3.8, 4) is 33.4 Å². The lowest BCUT2D eigenvalue weighted by atomic mass is 9.82. The summed E-state index contributed by atoms with van der Waals surface area (Å²) in [6, 6.07) is 80.5. The highest BCUT2D eigenvalue weighted by molar-refractivity contribution is 5.99. The molecular formula is C67H60N2. The van der Waals surface area contributed by atoms with Crippen LogP contribution in [0.5, 0.6) is 0 Å². The van der Waals surface area contributed by atoms with Crippen molar-refractivity contribution < 1.29 is 0 Å². The van der Waals surface area contributed by atoms with Crippen LogP contribution in [0.3, 0.4) is 0 Å². The van der Waals surface area contributed by atoms with Gasteiger partial charge in [0, 0.05) is 45.0 Å². The second-order valence-corrected chi connectivity index (χ2v) is 20.2. The van der Waals surface area contributed by atoms with Gasteiger partial charge >= 0.3 is 0 Å². The minimum atomic E-state index is -0.148. The fourth-order valence-electron chi connectivity index (χ4n) is 12.0. The molecular weight excluding hydrogens is 833 g/mol. The van der Waals surface area contributed by atoms with Crippen LogP contribution in [0.1, 0.15) is 90.8 Å². The Balaban J connectivity index is 1.01. The number of nitrogens with zero attached hydrogens (tertiary/aromatic N) is 2. The molecule has 9 aromatic carbocycles. The van der Waals surface area contributed by atoms with Gasteiger partial charge in [0.25, 0.3) is 0 Å². The fraction of sp³-hybridized carbons (Fsp3) is 0.194. The van der Waals surface area contributed by atoms with Gasteiger partial charge in [-0.3, -0.25) is 0 Å². The molecule has 1 fully saturated rings. The first kappa shape index (κ1) is 42.9. The molecule has 1 saturated carbocycles. The minimum Gasteiger partial charge on any atom is -0.310 e. The Hall–Kier alpha value is -7.42. The zero-order valence-corrected chi connectivity index (χ0v) is 40.0. The molecule has 2 nitrogen and oxygen atoms in total. The molecule has 0 amide bonds. The molecule has 9 aromatic rings. The summed E-state index contributed by atoms with van der Waals surface area (Å²) in [7, 11) is 0. The summed E-state index contributed by atoms with van der Waals surface area (Å²) in [6.07, 6.45) is 10.3. The zero-order chi connectivity index (χ0) is 46.3. The van der Waals surface area contributed by atoms with Crippen molar-refractivity contribution in [1.82, 2.24) is 0 Å². The van der Waals surface area contributed by atoms with Crippen LogP contribution >= 0.6 is 0 Å². The average molecular weight is 893 g/mol. The van der Waals surface area contributed by atoms with Gasteiger partial charge in [-0.05, 0) is 154 Å². The van der Waals surface area contributed by atoms with Crippen LogP contribution < -0.4 is 9.80 Å². The molecule has 0 radical (unpaired) electrons. The van der Waals surface area contributed by atoms with Gasteiger partial charge in [-0.2, -0.15) is 0 Å². The van der Waals surface area contributed by atoms with E-state index in [9.17, 15) is 0 Å². The molecule has 4 bridgehead atoms. The van der Waals surface area contributed by atoms with E-state index in [-0.39, 0.29) is 5.41 Å². The molecule has 338 valence electrons. The molecule has 0 atom stereocenters. The SMILES string of the molecule is CC1(C)c2ccccc2-c2ccc(N(c3cc4ccc3CCc3ccc(c(N(c5ccccc5)c5ccc(C6CCCCC6)cc5)c3)CC4)c3c(-c4ccccc4)cccc3-c3ccccc3)cc21. The van der Waals surface area contributed by atoms with E-state index < -0.39 is 0 Å². The number of anilines is 6. The number of rotatable bonds is 9. The van der Waals surface area contributed by atoms with E-state index in [2.05, 4.69) is 236 Å². The number of benzene rings is 9. The van der Waals surface area contributed by atoms with Crippen LogP contribution in [0.15, 0.2) is 212 Å². The van der Waals surface area contributed by atoms with E-state index >= 15 is 0 Å². The third-order valence-corrected chi connectivity index (χ3v) is 15.6. The number of para-hydroxylation sites is 2. The highest BCUT2D eigenvalue weighted by atomic mass is 15.2. The molecule has 0 N–H and O–H groups in total. The van der Waals surface area contributed by atoms with Gasteiger partial charge in [0.2, 0.25) is 0 Å². The summed E-state index contributed by atoms with van der Waals surface area (Å²) < 4.78 is 0. The van der Waals surface area contributed by atoms with Crippen LogP contribution in [0, 0.1) is 0 Å². The maximum absolute atomic E-state index is 2.63. The molecule has 0 unspecified atom stereocenters. The quantitative estimate of drug-likeness (QED) is 0.142. The summed E-state index contributed by atoms with van der Waals surface area (Å²) in [5.74, 6) is 0.678. The minimum absolute atomic E-state index is 0.148. The van der Waals surface area contributed by atoms with Crippen LogP contribution in [-0.4, -0.2) is 0 Å². The van der Waals surface area contributed by atoms with Gasteiger partial charge in [-0.15, -0.1) is 0 Å². The largest absolute Gasteiger partial charge is 0.310 e. The van der Waals surface area contributed by atoms with E-state index in [0.717, 1.165) is 25.7 Å². The van der Waals surface area contributed by atoms with Crippen LogP contribution in [0.2, 0.25) is 0 Å². The summed E-state index contributed by atoms with van der Waals surface area (Å²) in [5, 5.41) is 0. The Morgan fingerprint density at radius 1 is 0.377 bits per heavy atom. The Labute approximate surface area is 409 Å². The lowest BCUT2D eigenvalue weighted by Gasteiger charge is -2.34. The normalized spacial score (nSPS) is 14.9. The first-order valence-corrected chi connectivity index (χ1v) is 25.4. The highest BCUT2D eigenvalue weighted by Gasteiger charge is 2.36. The molecule has 15 rings (SSSR count). The molecule has 6 aliphatic carbocycles. The number of hydrogen-bond donors (Lipinski definition) is 0. The van der Waals surface area contributed by atoms with Crippen LogP contribution in [0.25, 0.3) is 33.4 Å². The third-order valence-electron chi connectivity index (χ3n) is 15.6. The van der Waals surface area contributed by atoms with Gasteiger partial charge in [-0.25, -0.2) is 0 Å². The maximum Gasteiger partial charge on any atom is 0.0618 e. The number of aryl methyl sites for hydroxylation is 4. The summed E-state index contributed by atoms with van der Waals surface area (Å²) in [6.45, 7) is 4.79. The Kier molecular flexibility index (Phi) is 11.3. The van der Waals surface area contributed by atoms with Gasteiger partial charge in [0.15, 0.2) is 0 Å². The van der Waals surface area contributed by atoms with E-state index in [1.54, 1.807) is 0 Å². The first-order chi connectivity index (χ1) is 34.0. The topological polar surface area (TPSA) is 6.48 Å². The average Bonchev–Trinajstić information content (AvgIpc) is 3.63. The van der Waals surface area contributed by atoms with E-state index in [4.69, 9.17) is 0 Å². The molecule has 0 heterocycles. The number of hydrogen-bond acceptors (Lipinski definition) is 2. The Morgan fingerprint density at radius 3 is 1.51 bits per heavy atom. The highest BCUT2D eigenvalue weighted by Crippen LogP contribution is 2.53. The third kappa shape index (κ3) is 8.06. The second kappa shape index (κ2) is 18.2. The standard InChI is InChI=1S/C67H60N2/c1-67(2)62-29-16-15-26-60(62)61-43-42-57(46-63(61)67)69(66-58(51-20-9-4-10-21-51)27-17-28-59(66)52-22-11-5-12-23-52)65-45-48-31-35-53-34-30-47(32-36-54(65)37-33-48)44-64(53)68(55-24-13-6-14-25-55)56-40-38-50(39-41-56)49-18-7-3-8-19-49/h4-6,9-17,20-30,33-34,37-46,49H,3,7-8,18-19,31-32,35-36H2,1-2H3. The van der Waals surface area contributed by atoms with Crippen molar-refractivity contribution in [2.24, 2.45) is 0 Å². The van der Waals surface area contributed by atoms with Crippen molar-refractivity contribution in [2.75, 3.05) is 9.80 Å². The lowest BCUT2D eigenvalue weighted by molar-refractivity contribution is 0.443. The zero-order valence-electron chi connectivity index (χ0n) is 40.0. The predicted octanol–water partition coefficient (Wildman–Crippen LogP) is 18.2. The fourth-order valence-corrected chi connectivity index (χ4v) is 12.0.